The molecular weight excluding hydrogens is 205 g/mol. The number of hydrogen-bond acceptors (Lipinski definition) is 1. The average molecular weight is 217 g/mol. The van der Waals surface area contributed by atoms with Crippen LogP contribution >= 0.6 is 0 Å². The van der Waals surface area contributed by atoms with Crippen molar-refractivity contribution in [3.8, 4) is 5.75 Å². The first-order valence-corrected chi connectivity index (χ1v) is 4.47. The second-order valence-electron chi connectivity index (χ2n) is 3.50. The Balaban J connectivity index is 3.14. The van der Waals surface area contributed by atoms with Crippen molar-refractivity contribution >= 4 is 0 Å². The van der Waals surface area contributed by atoms with E-state index in [1.807, 2.05) is 0 Å². The van der Waals surface area contributed by atoms with Crippen LogP contribution in [0.5, 0.6) is 5.75 Å². The van der Waals surface area contributed by atoms with Gasteiger partial charge in [0.15, 0.2) is 0 Å². The van der Waals surface area contributed by atoms with Crippen LogP contribution in [0.4, 0.5) is 13.2 Å². The van der Waals surface area contributed by atoms with Gasteiger partial charge in [-0.05, 0) is 12.5 Å². The summed E-state index contributed by atoms with van der Waals surface area (Å²) in [4.78, 5) is 0. The highest BCUT2D eigenvalue weighted by Gasteiger charge is 2.33. The molecule has 83 valence electrons. The van der Waals surface area contributed by atoms with Crippen molar-refractivity contribution in [1.82, 2.24) is 0 Å². The molecule has 0 atom stereocenters. The second kappa shape index (κ2) is 4.13. The van der Waals surface area contributed by atoms with Gasteiger partial charge in [0.1, 0.15) is 5.75 Å². The van der Waals surface area contributed by atoms with Crippen LogP contribution in [0, 0.1) is 12.8 Å². The molecule has 0 aliphatic carbocycles. The smallest absolute Gasteiger partial charge is 0.405 e. The topological polar surface area (TPSA) is 9.23 Å². The van der Waals surface area contributed by atoms with Crippen LogP contribution < -0.4 is 4.74 Å². The molecule has 1 aromatic carbocycles. The first kappa shape index (κ1) is 11.9. The lowest BCUT2D eigenvalue weighted by Gasteiger charge is -2.17. The number of alkyl halides is 3. The summed E-state index contributed by atoms with van der Waals surface area (Å²) in [5, 5.41) is 0. The highest BCUT2D eigenvalue weighted by atomic mass is 19.4. The number of rotatable bonds is 2. The van der Waals surface area contributed by atoms with Crippen LogP contribution in [-0.2, 0) is 0 Å². The van der Waals surface area contributed by atoms with E-state index in [4.69, 9.17) is 0 Å². The van der Waals surface area contributed by atoms with E-state index in [0.29, 0.717) is 11.1 Å². The first-order chi connectivity index (χ1) is 6.81. The summed E-state index contributed by atoms with van der Waals surface area (Å²) < 4.78 is 40.4. The Morgan fingerprint density at radius 3 is 2.27 bits per heavy atom. The molecule has 15 heavy (non-hydrogen) atoms. The number of benzene rings is 1. The molecule has 1 nitrogen and oxygen atoms in total. The number of aryl methyl sites for hydroxylation is 1. The molecule has 1 aromatic rings. The third-order valence-electron chi connectivity index (χ3n) is 1.97. The van der Waals surface area contributed by atoms with Crippen molar-refractivity contribution in [2.75, 3.05) is 0 Å². The molecule has 0 saturated heterocycles. The zero-order valence-electron chi connectivity index (χ0n) is 8.77. The van der Waals surface area contributed by atoms with Gasteiger partial charge in [-0.3, -0.25) is 0 Å². The maximum absolute atomic E-state index is 12.1. The van der Waals surface area contributed by atoms with Crippen molar-refractivity contribution in [2.45, 2.75) is 27.1 Å². The number of para-hydroxylation sites is 1. The standard InChI is InChI=1S/C11H12F3O/c1-7(2)9-6-4-5-8(3)10(9)15-11(12,13)14/h4-6H,1-3H3. The zero-order chi connectivity index (χ0) is 11.6. The Bertz CT molecular complexity index is 342. The molecule has 1 rings (SSSR count). The minimum atomic E-state index is -4.64. The summed E-state index contributed by atoms with van der Waals surface area (Å²) in [6.45, 7) is 5.09. The molecule has 0 N–H and O–H groups in total. The summed E-state index contributed by atoms with van der Waals surface area (Å²) in [6.07, 6.45) is -4.64. The van der Waals surface area contributed by atoms with Crippen molar-refractivity contribution < 1.29 is 17.9 Å². The van der Waals surface area contributed by atoms with Crippen LogP contribution in [0.25, 0.3) is 0 Å². The molecule has 0 heterocycles. The van der Waals surface area contributed by atoms with Gasteiger partial charge in [-0.25, -0.2) is 0 Å². The number of hydrogen-bond donors (Lipinski definition) is 0. The fourth-order valence-electron chi connectivity index (χ4n) is 1.30. The summed E-state index contributed by atoms with van der Waals surface area (Å²) in [6, 6.07) is 4.91. The summed E-state index contributed by atoms with van der Waals surface area (Å²) >= 11 is 0. The Morgan fingerprint density at radius 1 is 1.20 bits per heavy atom. The lowest BCUT2D eigenvalue weighted by atomic mass is 10.00. The van der Waals surface area contributed by atoms with Crippen LogP contribution in [0.1, 0.15) is 25.0 Å². The van der Waals surface area contributed by atoms with Gasteiger partial charge in [-0.2, -0.15) is 0 Å². The third-order valence-corrected chi connectivity index (χ3v) is 1.97. The average Bonchev–Trinajstić information content (AvgIpc) is 2.05. The summed E-state index contributed by atoms with van der Waals surface area (Å²) in [7, 11) is 0. The molecule has 0 aromatic heterocycles. The van der Waals surface area contributed by atoms with Crippen LogP contribution in [0.15, 0.2) is 18.2 Å². The quantitative estimate of drug-likeness (QED) is 0.731. The van der Waals surface area contributed by atoms with Crippen LogP contribution in [-0.4, -0.2) is 6.36 Å². The van der Waals surface area contributed by atoms with Gasteiger partial charge in [0, 0.05) is 11.5 Å². The van der Waals surface area contributed by atoms with Gasteiger partial charge < -0.3 is 4.74 Å². The van der Waals surface area contributed by atoms with E-state index in [-0.39, 0.29) is 5.75 Å². The van der Waals surface area contributed by atoms with Crippen LogP contribution in [0.3, 0.4) is 0 Å². The third kappa shape index (κ3) is 3.15. The molecule has 4 heteroatoms. The van der Waals surface area contributed by atoms with Crippen molar-refractivity contribution in [3.63, 3.8) is 0 Å². The van der Waals surface area contributed by atoms with Crippen molar-refractivity contribution in [1.29, 1.82) is 0 Å². The fourth-order valence-corrected chi connectivity index (χ4v) is 1.30. The molecule has 0 spiro atoms. The monoisotopic (exact) mass is 217 g/mol. The van der Waals surface area contributed by atoms with E-state index in [9.17, 15) is 13.2 Å². The van der Waals surface area contributed by atoms with Gasteiger partial charge in [0.05, 0.1) is 0 Å². The molecule has 0 fully saturated rings. The lowest BCUT2D eigenvalue weighted by molar-refractivity contribution is -0.275. The minimum Gasteiger partial charge on any atom is -0.405 e. The molecule has 1 radical (unpaired) electrons. The maximum atomic E-state index is 12.1. The van der Waals surface area contributed by atoms with E-state index in [2.05, 4.69) is 4.74 Å². The Labute approximate surface area is 86.9 Å². The largest absolute Gasteiger partial charge is 0.573 e. The van der Waals surface area contributed by atoms with Gasteiger partial charge >= 0.3 is 6.36 Å². The van der Waals surface area contributed by atoms with Crippen LogP contribution in [0.2, 0.25) is 0 Å². The van der Waals surface area contributed by atoms with E-state index in [1.165, 1.54) is 0 Å². The van der Waals surface area contributed by atoms with Gasteiger partial charge in [0.2, 0.25) is 0 Å². The summed E-state index contributed by atoms with van der Waals surface area (Å²) in [5.41, 5.74) is 0.971. The minimum absolute atomic E-state index is 0.106. The SMILES string of the molecule is C[C](C)c1cccc(C)c1OC(F)(F)F. The highest BCUT2D eigenvalue weighted by Crippen LogP contribution is 2.33. The summed E-state index contributed by atoms with van der Waals surface area (Å²) in [5.74, 6) is 0.683. The second-order valence-corrected chi connectivity index (χ2v) is 3.50. The number of halogens is 3. The molecule has 0 saturated carbocycles. The van der Waals surface area contributed by atoms with E-state index in [1.54, 1.807) is 39.0 Å². The predicted molar refractivity (Wildman–Crippen MR) is 51.6 cm³/mol. The fraction of sp³-hybridized carbons (Fsp3) is 0.364. The Hall–Kier alpha value is -1.19. The molecule has 0 bridgehead atoms. The first-order valence-electron chi connectivity index (χ1n) is 4.47. The van der Waals surface area contributed by atoms with E-state index in [0.717, 1.165) is 5.92 Å². The van der Waals surface area contributed by atoms with E-state index < -0.39 is 6.36 Å². The lowest BCUT2D eigenvalue weighted by Crippen LogP contribution is -2.19. The van der Waals surface area contributed by atoms with Gasteiger partial charge in [0.25, 0.3) is 0 Å². The molecule has 0 aliphatic heterocycles. The zero-order valence-corrected chi connectivity index (χ0v) is 8.77. The molecule has 0 aliphatic rings. The molecule has 0 unspecified atom stereocenters. The van der Waals surface area contributed by atoms with Crippen molar-refractivity contribution in [2.24, 2.45) is 0 Å². The maximum Gasteiger partial charge on any atom is 0.573 e. The number of ether oxygens (including phenoxy) is 1. The highest BCUT2D eigenvalue weighted by molar-refractivity contribution is 5.47. The molecule has 0 amide bonds. The van der Waals surface area contributed by atoms with Gasteiger partial charge in [-0.1, -0.05) is 32.0 Å². The van der Waals surface area contributed by atoms with E-state index >= 15 is 0 Å². The normalized spacial score (nSPS) is 11.9. The molecular formula is C11H12F3O. The Morgan fingerprint density at radius 2 is 1.80 bits per heavy atom. The predicted octanol–water partition coefficient (Wildman–Crippen LogP) is 3.86. The van der Waals surface area contributed by atoms with Gasteiger partial charge in [-0.15, -0.1) is 13.2 Å². The Kier molecular flexibility index (Phi) is 3.27. The van der Waals surface area contributed by atoms with Crippen molar-refractivity contribution in [3.05, 3.63) is 35.2 Å².